The summed E-state index contributed by atoms with van der Waals surface area (Å²) in [5.41, 5.74) is 14.2. The lowest BCUT2D eigenvalue weighted by atomic mass is 10.0. The van der Waals surface area contributed by atoms with Gasteiger partial charge in [0.05, 0.1) is 0 Å². The van der Waals surface area contributed by atoms with Crippen molar-refractivity contribution in [3.05, 3.63) is 45.9 Å². The molecule has 0 spiro atoms. The molecule has 0 heterocycles. The summed E-state index contributed by atoms with van der Waals surface area (Å²) in [5, 5.41) is 0. The van der Waals surface area contributed by atoms with E-state index in [1.54, 1.807) is 12.1 Å². The molecule has 162 valence electrons. The number of hydrogen-bond acceptors (Lipinski definition) is 4. The molecule has 2 aromatic rings. The summed E-state index contributed by atoms with van der Waals surface area (Å²) in [7, 11) is 0. The Morgan fingerprint density at radius 1 is 0.759 bits per heavy atom. The lowest BCUT2D eigenvalue weighted by Crippen LogP contribution is -2.04. The van der Waals surface area contributed by atoms with Crippen molar-refractivity contribution in [1.29, 1.82) is 0 Å². The van der Waals surface area contributed by atoms with E-state index in [2.05, 4.69) is 25.4 Å². The Labute approximate surface area is 176 Å². The molecule has 0 aliphatic carbocycles. The van der Waals surface area contributed by atoms with Crippen LogP contribution in [0.4, 0.5) is 28.9 Å². The topological polar surface area (TPSA) is 70.5 Å². The number of nitrogens with two attached hydrogens (primary N) is 2. The van der Waals surface area contributed by atoms with Gasteiger partial charge in [-0.25, -0.2) is 0 Å². The van der Waals surface area contributed by atoms with Gasteiger partial charge in [-0.05, 0) is 69.2 Å². The van der Waals surface area contributed by atoms with Crippen LogP contribution < -0.4 is 20.9 Å². The molecule has 0 aromatic heterocycles. The van der Waals surface area contributed by atoms with E-state index < -0.39 is 13.2 Å². The van der Waals surface area contributed by atoms with E-state index in [-0.39, 0.29) is 23.3 Å². The first-order valence-corrected chi connectivity index (χ1v) is 9.59. The lowest BCUT2D eigenvalue weighted by molar-refractivity contribution is -0.0505. The van der Waals surface area contributed by atoms with Crippen LogP contribution in [0.2, 0.25) is 0 Å². The molecular weight excluding hydrogens is 456 g/mol. The van der Waals surface area contributed by atoms with E-state index >= 15 is 0 Å². The Bertz CT molecular complexity index is 802. The van der Waals surface area contributed by atoms with Gasteiger partial charge in [0.1, 0.15) is 11.5 Å². The second-order valence-electron chi connectivity index (χ2n) is 6.77. The highest BCUT2D eigenvalue weighted by Crippen LogP contribution is 2.34. The van der Waals surface area contributed by atoms with Crippen molar-refractivity contribution in [2.24, 2.45) is 0 Å². The maximum Gasteiger partial charge on any atom is 0.387 e. The first-order chi connectivity index (χ1) is 13.4. The molecule has 4 nitrogen and oxygen atoms in total. The molecule has 0 bridgehead atoms. The van der Waals surface area contributed by atoms with E-state index in [9.17, 15) is 17.6 Å². The normalized spacial score (nSPS) is 11.1. The Hall–Kier alpha value is -2.16. The van der Waals surface area contributed by atoms with E-state index in [1.807, 2.05) is 27.7 Å². The van der Waals surface area contributed by atoms with Crippen LogP contribution in [0.5, 0.6) is 11.5 Å². The van der Waals surface area contributed by atoms with Gasteiger partial charge >= 0.3 is 13.2 Å². The molecule has 0 aliphatic rings. The van der Waals surface area contributed by atoms with Crippen LogP contribution in [0.1, 0.15) is 50.7 Å². The van der Waals surface area contributed by atoms with Crippen molar-refractivity contribution >= 4 is 27.3 Å². The summed E-state index contributed by atoms with van der Waals surface area (Å²) < 4.78 is 57.0. The summed E-state index contributed by atoms with van der Waals surface area (Å²) in [6.07, 6.45) is 0. The SMILES string of the molecule is CC(C)c1cc(OC(F)F)cc(Br)c1N.CC(C)c1cc(OC(F)F)ccc1N. The van der Waals surface area contributed by atoms with Crippen molar-refractivity contribution in [2.75, 3.05) is 11.5 Å². The zero-order chi connectivity index (χ0) is 22.3. The summed E-state index contributed by atoms with van der Waals surface area (Å²) in [6.45, 7) is 2.14. The standard InChI is InChI=1S/C10H12BrF2NO.C10H13F2NO/c1-5(2)7-3-6(15-10(12)13)4-8(11)9(7)14;1-6(2)8-5-7(14-10(11)12)3-4-9(8)13/h3-5,10H,14H2,1-2H3;3-6,10H,13H2,1-2H3. The molecule has 2 rings (SSSR count). The Kier molecular flexibility index (Phi) is 9.55. The fraction of sp³-hybridized carbons (Fsp3) is 0.400. The summed E-state index contributed by atoms with van der Waals surface area (Å²) in [4.78, 5) is 0. The molecule has 0 aliphatic heterocycles. The largest absolute Gasteiger partial charge is 0.435 e. The highest BCUT2D eigenvalue weighted by atomic mass is 79.9. The second kappa shape index (κ2) is 11.1. The zero-order valence-electron chi connectivity index (χ0n) is 16.6. The Morgan fingerprint density at radius 2 is 1.24 bits per heavy atom. The number of alkyl halides is 4. The monoisotopic (exact) mass is 480 g/mol. The molecule has 0 radical (unpaired) electrons. The van der Waals surface area contributed by atoms with Crippen LogP contribution in [0.15, 0.2) is 34.8 Å². The third-order valence-corrected chi connectivity index (χ3v) is 4.54. The van der Waals surface area contributed by atoms with Gasteiger partial charge in [0.25, 0.3) is 0 Å². The van der Waals surface area contributed by atoms with E-state index in [0.717, 1.165) is 11.1 Å². The second-order valence-corrected chi connectivity index (χ2v) is 7.62. The van der Waals surface area contributed by atoms with Crippen LogP contribution in [0.3, 0.4) is 0 Å². The molecule has 0 amide bonds. The predicted octanol–water partition coefficient (Wildman–Crippen LogP) is 6.75. The molecule has 9 heteroatoms. The molecule has 0 saturated heterocycles. The molecule has 4 N–H and O–H groups in total. The van der Waals surface area contributed by atoms with Crippen LogP contribution in [0.25, 0.3) is 0 Å². The van der Waals surface area contributed by atoms with Crippen molar-refractivity contribution < 1.29 is 27.0 Å². The number of benzene rings is 2. The summed E-state index contributed by atoms with van der Waals surface area (Å²) in [5.74, 6) is 0.617. The van der Waals surface area contributed by atoms with Crippen molar-refractivity contribution in [1.82, 2.24) is 0 Å². The molecular formula is C20H25BrF4N2O2. The fourth-order valence-electron chi connectivity index (χ4n) is 2.49. The molecule has 2 aromatic carbocycles. The molecule has 29 heavy (non-hydrogen) atoms. The van der Waals surface area contributed by atoms with Gasteiger partial charge < -0.3 is 20.9 Å². The van der Waals surface area contributed by atoms with Crippen molar-refractivity contribution in [3.8, 4) is 11.5 Å². The van der Waals surface area contributed by atoms with Gasteiger partial charge in [0, 0.05) is 15.8 Å². The number of nitrogen functional groups attached to an aromatic ring is 2. The Balaban J connectivity index is 0.000000291. The van der Waals surface area contributed by atoms with Gasteiger partial charge in [-0.2, -0.15) is 17.6 Å². The van der Waals surface area contributed by atoms with Crippen molar-refractivity contribution in [2.45, 2.75) is 52.8 Å². The quantitative estimate of drug-likeness (QED) is 0.354. The number of hydrogen-bond donors (Lipinski definition) is 2. The van der Waals surface area contributed by atoms with Gasteiger partial charge in [-0.1, -0.05) is 27.7 Å². The van der Waals surface area contributed by atoms with Crippen LogP contribution in [-0.2, 0) is 0 Å². The van der Waals surface area contributed by atoms with E-state index in [1.165, 1.54) is 18.2 Å². The molecule has 0 saturated carbocycles. The van der Waals surface area contributed by atoms with Crippen LogP contribution >= 0.6 is 15.9 Å². The van der Waals surface area contributed by atoms with E-state index in [4.69, 9.17) is 11.5 Å². The lowest BCUT2D eigenvalue weighted by Gasteiger charge is -2.13. The van der Waals surface area contributed by atoms with Crippen LogP contribution in [0, 0.1) is 0 Å². The zero-order valence-corrected chi connectivity index (χ0v) is 18.1. The number of halogens is 5. The minimum absolute atomic E-state index is 0.120. The first-order valence-electron chi connectivity index (χ1n) is 8.80. The van der Waals surface area contributed by atoms with Gasteiger partial charge in [0.15, 0.2) is 0 Å². The van der Waals surface area contributed by atoms with Crippen LogP contribution in [-0.4, -0.2) is 13.2 Å². The predicted molar refractivity (Wildman–Crippen MR) is 111 cm³/mol. The molecule has 0 unspecified atom stereocenters. The minimum atomic E-state index is -2.82. The maximum absolute atomic E-state index is 12.0. The molecule has 0 atom stereocenters. The van der Waals surface area contributed by atoms with Gasteiger partial charge in [-0.3, -0.25) is 0 Å². The van der Waals surface area contributed by atoms with Crippen molar-refractivity contribution in [3.63, 3.8) is 0 Å². The van der Waals surface area contributed by atoms with E-state index in [0.29, 0.717) is 15.8 Å². The third-order valence-electron chi connectivity index (χ3n) is 3.89. The van der Waals surface area contributed by atoms with Gasteiger partial charge in [0.2, 0.25) is 0 Å². The molecule has 0 fully saturated rings. The summed E-state index contributed by atoms with van der Waals surface area (Å²) in [6, 6.07) is 7.54. The number of ether oxygens (including phenoxy) is 2. The first kappa shape index (κ1) is 24.9. The highest BCUT2D eigenvalue weighted by molar-refractivity contribution is 9.10. The third kappa shape index (κ3) is 8.00. The summed E-state index contributed by atoms with van der Waals surface area (Å²) >= 11 is 3.21. The average Bonchev–Trinajstić information content (AvgIpc) is 2.58. The smallest absolute Gasteiger partial charge is 0.387 e. The average molecular weight is 481 g/mol. The number of rotatable bonds is 6. The maximum atomic E-state index is 12.0. The fourth-order valence-corrected chi connectivity index (χ4v) is 2.95. The minimum Gasteiger partial charge on any atom is -0.435 e. The Morgan fingerprint density at radius 3 is 1.72 bits per heavy atom. The van der Waals surface area contributed by atoms with Gasteiger partial charge in [-0.15, -0.1) is 0 Å². The highest BCUT2D eigenvalue weighted by Gasteiger charge is 2.13. The number of anilines is 2.